The number of halogens is 1. The summed E-state index contributed by atoms with van der Waals surface area (Å²) in [6.45, 7) is 2.01. The molecule has 0 N–H and O–H groups in total. The number of nitrogens with zero attached hydrogens (tertiary/aromatic N) is 1. The van der Waals surface area contributed by atoms with Crippen LogP contribution in [-0.4, -0.2) is 19.1 Å². The third kappa shape index (κ3) is 3.31. The standard InChI is InChI=1S/C23H20FNO3/c1-15-3-5-16(6-4-15)21-22(28-20-13-11-19(27-2)12-14-20)23(26)25(21)18-9-7-17(24)8-10-18/h3-14,21-22H,1-2H3/t21-,22-/m1/s1. The van der Waals surface area contributed by atoms with Crippen LogP contribution in [0.5, 0.6) is 11.5 Å². The Morgan fingerprint density at radius 1 is 0.857 bits per heavy atom. The summed E-state index contributed by atoms with van der Waals surface area (Å²) in [5.74, 6) is 0.813. The van der Waals surface area contributed by atoms with Crippen molar-refractivity contribution < 1.29 is 18.7 Å². The zero-order chi connectivity index (χ0) is 19.7. The highest BCUT2D eigenvalue weighted by molar-refractivity contribution is 6.05. The van der Waals surface area contributed by atoms with Crippen LogP contribution >= 0.6 is 0 Å². The van der Waals surface area contributed by atoms with Gasteiger partial charge < -0.3 is 9.47 Å². The van der Waals surface area contributed by atoms with Gasteiger partial charge in [0, 0.05) is 5.69 Å². The number of rotatable bonds is 5. The Hall–Kier alpha value is -3.34. The van der Waals surface area contributed by atoms with Crippen molar-refractivity contribution in [1.29, 1.82) is 0 Å². The van der Waals surface area contributed by atoms with Crippen LogP contribution in [0.1, 0.15) is 17.2 Å². The SMILES string of the molecule is COc1ccc(O[C@H]2C(=O)N(c3ccc(F)cc3)[C@@H]2c2ccc(C)cc2)cc1. The van der Waals surface area contributed by atoms with E-state index in [1.807, 2.05) is 31.2 Å². The Morgan fingerprint density at radius 2 is 1.46 bits per heavy atom. The van der Waals surface area contributed by atoms with Crippen molar-refractivity contribution in [3.05, 3.63) is 89.7 Å². The van der Waals surface area contributed by atoms with Gasteiger partial charge in [-0.25, -0.2) is 4.39 Å². The molecule has 0 spiro atoms. The van der Waals surface area contributed by atoms with E-state index in [-0.39, 0.29) is 17.8 Å². The van der Waals surface area contributed by atoms with E-state index in [1.165, 1.54) is 12.1 Å². The molecule has 1 saturated heterocycles. The molecule has 0 aliphatic carbocycles. The van der Waals surface area contributed by atoms with E-state index in [9.17, 15) is 9.18 Å². The molecule has 3 aromatic rings. The lowest BCUT2D eigenvalue weighted by Crippen LogP contribution is -2.61. The molecule has 142 valence electrons. The molecule has 5 heteroatoms. The van der Waals surface area contributed by atoms with E-state index in [2.05, 4.69) is 0 Å². The van der Waals surface area contributed by atoms with Crippen molar-refractivity contribution in [3.8, 4) is 11.5 Å². The fraction of sp³-hybridized carbons (Fsp3) is 0.174. The molecule has 3 aromatic carbocycles. The lowest BCUT2D eigenvalue weighted by atomic mass is 9.89. The Labute approximate surface area is 163 Å². The van der Waals surface area contributed by atoms with Crippen molar-refractivity contribution in [2.24, 2.45) is 0 Å². The Balaban J connectivity index is 1.65. The largest absolute Gasteiger partial charge is 0.497 e. The van der Waals surface area contributed by atoms with Gasteiger partial charge in [-0.2, -0.15) is 0 Å². The maximum Gasteiger partial charge on any atom is 0.271 e. The molecule has 4 nitrogen and oxygen atoms in total. The number of amides is 1. The molecule has 4 rings (SSSR count). The number of carbonyl (C=O) groups excluding carboxylic acids is 1. The summed E-state index contributed by atoms with van der Waals surface area (Å²) in [4.78, 5) is 14.6. The quantitative estimate of drug-likeness (QED) is 0.606. The number of carbonyl (C=O) groups is 1. The number of benzene rings is 3. The molecule has 1 aliphatic rings. The second-order valence-corrected chi connectivity index (χ2v) is 6.75. The predicted octanol–water partition coefficient (Wildman–Crippen LogP) is 4.68. The molecule has 0 aromatic heterocycles. The van der Waals surface area contributed by atoms with E-state index < -0.39 is 6.10 Å². The van der Waals surface area contributed by atoms with Gasteiger partial charge in [0.05, 0.1) is 7.11 Å². The summed E-state index contributed by atoms with van der Waals surface area (Å²) < 4.78 is 24.5. The van der Waals surface area contributed by atoms with Gasteiger partial charge >= 0.3 is 0 Å². The van der Waals surface area contributed by atoms with Crippen LogP contribution in [0.4, 0.5) is 10.1 Å². The number of hydrogen-bond acceptors (Lipinski definition) is 3. The van der Waals surface area contributed by atoms with Crippen molar-refractivity contribution in [2.45, 2.75) is 19.1 Å². The van der Waals surface area contributed by atoms with Gasteiger partial charge in [-0.15, -0.1) is 0 Å². The normalized spacial score (nSPS) is 18.5. The van der Waals surface area contributed by atoms with Crippen LogP contribution in [0.3, 0.4) is 0 Å². The molecule has 1 heterocycles. The molecule has 0 radical (unpaired) electrons. The van der Waals surface area contributed by atoms with E-state index in [4.69, 9.17) is 9.47 Å². The van der Waals surface area contributed by atoms with Gasteiger partial charge in [0.2, 0.25) is 6.10 Å². The van der Waals surface area contributed by atoms with Crippen LogP contribution in [-0.2, 0) is 4.79 Å². The average molecular weight is 377 g/mol. The lowest BCUT2D eigenvalue weighted by Gasteiger charge is -2.46. The molecule has 2 atom stereocenters. The van der Waals surface area contributed by atoms with Crippen molar-refractivity contribution in [3.63, 3.8) is 0 Å². The minimum absolute atomic E-state index is 0.159. The predicted molar refractivity (Wildman–Crippen MR) is 105 cm³/mol. The van der Waals surface area contributed by atoms with Gasteiger partial charge in [-0.3, -0.25) is 9.69 Å². The first-order chi connectivity index (χ1) is 13.6. The topological polar surface area (TPSA) is 38.8 Å². The Kier molecular flexibility index (Phi) is 4.74. The summed E-state index contributed by atoms with van der Waals surface area (Å²) in [5, 5.41) is 0. The highest BCUT2D eigenvalue weighted by atomic mass is 19.1. The summed E-state index contributed by atoms with van der Waals surface area (Å²) in [5.41, 5.74) is 2.75. The minimum Gasteiger partial charge on any atom is -0.497 e. The van der Waals surface area contributed by atoms with Gasteiger partial charge in [-0.1, -0.05) is 29.8 Å². The van der Waals surface area contributed by atoms with Gasteiger partial charge in [0.25, 0.3) is 5.91 Å². The second kappa shape index (κ2) is 7.35. The van der Waals surface area contributed by atoms with Gasteiger partial charge in [-0.05, 0) is 61.0 Å². The van der Waals surface area contributed by atoms with Gasteiger partial charge in [0.1, 0.15) is 23.4 Å². The van der Waals surface area contributed by atoms with Crippen LogP contribution in [0.2, 0.25) is 0 Å². The number of anilines is 1. The highest BCUT2D eigenvalue weighted by Gasteiger charge is 2.51. The first-order valence-corrected chi connectivity index (χ1v) is 9.03. The van der Waals surface area contributed by atoms with Crippen LogP contribution in [0, 0.1) is 12.7 Å². The Bertz CT molecular complexity index is 968. The third-order valence-corrected chi connectivity index (χ3v) is 4.89. The molecular weight excluding hydrogens is 357 g/mol. The average Bonchev–Trinajstić information content (AvgIpc) is 2.72. The zero-order valence-electron chi connectivity index (χ0n) is 15.6. The molecule has 0 bridgehead atoms. The summed E-state index contributed by atoms with van der Waals surface area (Å²) in [6.07, 6.45) is -0.652. The van der Waals surface area contributed by atoms with Gasteiger partial charge in [0.15, 0.2) is 0 Å². The second-order valence-electron chi connectivity index (χ2n) is 6.75. The highest BCUT2D eigenvalue weighted by Crippen LogP contribution is 2.41. The first kappa shape index (κ1) is 18.0. The molecule has 1 aliphatic heterocycles. The van der Waals surface area contributed by atoms with Crippen molar-refractivity contribution >= 4 is 11.6 Å². The number of ether oxygens (including phenoxy) is 2. The molecular formula is C23H20FNO3. The summed E-state index contributed by atoms with van der Waals surface area (Å²) in [6, 6.07) is 20.8. The van der Waals surface area contributed by atoms with E-state index >= 15 is 0 Å². The maximum atomic E-state index is 13.3. The van der Waals surface area contributed by atoms with E-state index in [1.54, 1.807) is 48.4 Å². The number of hydrogen-bond donors (Lipinski definition) is 0. The third-order valence-electron chi connectivity index (χ3n) is 4.89. The minimum atomic E-state index is -0.652. The summed E-state index contributed by atoms with van der Waals surface area (Å²) in [7, 11) is 1.60. The lowest BCUT2D eigenvalue weighted by molar-refractivity contribution is -0.135. The fourth-order valence-electron chi connectivity index (χ4n) is 3.36. The van der Waals surface area contributed by atoms with Crippen LogP contribution in [0.15, 0.2) is 72.8 Å². The van der Waals surface area contributed by atoms with E-state index in [0.29, 0.717) is 11.4 Å². The van der Waals surface area contributed by atoms with Crippen molar-refractivity contribution in [2.75, 3.05) is 12.0 Å². The molecule has 28 heavy (non-hydrogen) atoms. The molecule has 0 unspecified atom stereocenters. The molecule has 0 saturated carbocycles. The summed E-state index contributed by atoms with van der Waals surface area (Å²) >= 11 is 0. The Morgan fingerprint density at radius 3 is 2.07 bits per heavy atom. The van der Waals surface area contributed by atoms with Crippen molar-refractivity contribution in [1.82, 2.24) is 0 Å². The van der Waals surface area contributed by atoms with Crippen LogP contribution < -0.4 is 14.4 Å². The monoisotopic (exact) mass is 377 g/mol. The molecule has 1 fully saturated rings. The van der Waals surface area contributed by atoms with Crippen LogP contribution in [0.25, 0.3) is 0 Å². The van der Waals surface area contributed by atoms with E-state index in [0.717, 1.165) is 16.9 Å². The maximum absolute atomic E-state index is 13.3. The number of β-lactam (4-membered cyclic amide) rings is 1. The fourth-order valence-corrected chi connectivity index (χ4v) is 3.36. The first-order valence-electron chi connectivity index (χ1n) is 9.03. The smallest absolute Gasteiger partial charge is 0.271 e. The zero-order valence-corrected chi connectivity index (χ0v) is 15.6. The number of aryl methyl sites for hydroxylation is 1. The molecule has 1 amide bonds. The number of methoxy groups -OCH3 is 1.